The zero-order valence-electron chi connectivity index (χ0n) is 10.1. The maximum Gasteiger partial charge on any atom is 0.144 e. The van der Waals surface area contributed by atoms with Gasteiger partial charge in [0, 0.05) is 5.54 Å². The average Bonchev–Trinajstić information content (AvgIpc) is 2.30. The van der Waals surface area contributed by atoms with E-state index in [1.807, 2.05) is 0 Å². The minimum absolute atomic E-state index is 0.150. The van der Waals surface area contributed by atoms with Crippen LogP contribution in [0.25, 0.3) is 0 Å². The molecule has 0 amide bonds. The van der Waals surface area contributed by atoms with Gasteiger partial charge in [0.15, 0.2) is 0 Å². The molecule has 0 spiro atoms. The van der Waals surface area contributed by atoms with Crippen LogP contribution in [-0.4, -0.2) is 20.5 Å². The SMILES string of the molecule is CC1(Nc2cnc(C(N)=S)cn2)CCCCC1. The molecule has 17 heavy (non-hydrogen) atoms. The average molecular weight is 250 g/mol. The zero-order valence-corrected chi connectivity index (χ0v) is 10.9. The zero-order chi connectivity index (χ0) is 12.3. The van der Waals surface area contributed by atoms with E-state index in [1.165, 1.54) is 32.1 Å². The van der Waals surface area contributed by atoms with Gasteiger partial charge in [0.2, 0.25) is 0 Å². The lowest BCUT2D eigenvalue weighted by atomic mass is 9.83. The van der Waals surface area contributed by atoms with Crippen LogP contribution in [0, 0.1) is 0 Å². The molecular weight excluding hydrogens is 232 g/mol. The summed E-state index contributed by atoms with van der Waals surface area (Å²) in [5.74, 6) is 0.800. The third kappa shape index (κ3) is 3.12. The van der Waals surface area contributed by atoms with E-state index in [-0.39, 0.29) is 10.5 Å². The van der Waals surface area contributed by atoms with Gasteiger partial charge in [-0.2, -0.15) is 0 Å². The van der Waals surface area contributed by atoms with E-state index in [0.717, 1.165) is 5.82 Å². The van der Waals surface area contributed by atoms with E-state index in [4.69, 9.17) is 18.0 Å². The molecule has 92 valence electrons. The Morgan fingerprint density at radius 3 is 2.53 bits per heavy atom. The standard InChI is InChI=1S/C12H18N4S/c1-12(5-3-2-4-6-12)16-10-8-14-9(7-15-10)11(13)17/h7-8H,2-6H2,1H3,(H2,13,17)(H,15,16). The maximum atomic E-state index is 5.48. The van der Waals surface area contributed by atoms with Crippen molar-refractivity contribution in [3.63, 3.8) is 0 Å². The van der Waals surface area contributed by atoms with Gasteiger partial charge in [-0.1, -0.05) is 31.5 Å². The third-order valence-electron chi connectivity index (χ3n) is 3.29. The van der Waals surface area contributed by atoms with E-state index in [9.17, 15) is 0 Å². The van der Waals surface area contributed by atoms with Crippen molar-refractivity contribution in [3.8, 4) is 0 Å². The third-order valence-corrected chi connectivity index (χ3v) is 3.50. The second-order valence-electron chi connectivity index (χ2n) is 4.90. The number of hydrogen-bond donors (Lipinski definition) is 2. The lowest BCUT2D eigenvalue weighted by molar-refractivity contribution is 0.348. The Morgan fingerprint density at radius 1 is 1.29 bits per heavy atom. The molecule has 0 radical (unpaired) electrons. The first-order valence-corrected chi connectivity index (χ1v) is 6.40. The quantitative estimate of drug-likeness (QED) is 0.806. The second kappa shape index (κ2) is 4.96. The number of nitrogens with zero attached hydrogens (tertiary/aromatic N) is 2. The molecule has 0 atom stereocenters. The topological polar surface area (TPSA) is 63.8 Å². The molecule has 0 unspecified atom stereocenters. The molecule has 1 heterocycles. The normalized spacial score (nSPS) is 18.6. The highest BCUT2D eigenvalue weighted by atomic mass is 32.1. The van der Waals surface area contributed by atoms with Gasteiger partial charge in [-0.05, 0) is 19.8 Å². The Balaban J connectivity index is 2.05. The monoisotopic (exact) mass is 250 g/mol. The van der Waals surface area contributed by atoms with E-state index < -0.39 is 0 Å². The Bertz CT molecular complexity index is 395. The van der Waals surface area contributed by atoms with Gasteiger partial charge in [0.05, 0.1) is 12.4 Å². The molecule has 1 fully saturated rings. The van der Waals surface area contributed by atoms with Crippen LogP contribution < -0.4 is 11.1 Å². The highest BCUT2D eigenvalue weighted by Gasteiger charge is 2.26. The molecule has 0 aliphatic heterocycles. The van der Waals surface area contributed by atoms with Crippen molar-refractivity contribution in [2.45, 2.75) is 44.6 Å². The van der Waals surface area contributed by atoms with Crippen molar-refractivity contribution >= 4 is 23.0 Å². The summed E-state index contributed by atoms with van der Waals surface area (Å²) < 4.78 is 0. The van der Waals surface area contributed by atoms with Crippen molar-refractivity contribution in [1.82, 2.24) is 9.97 Å². The van der Waals surface area contributed by atoms with Gasteiger partial charge in [-0.3, -0.25) is 0 Å². The van der Waals surface area contributed by atoms with Crippen molar-refractivity contribution < 1.29 is 0 Å². The van der Waals surface area contributed by atoms with Crippen molar-refractivity contribution in [2.75, 3.05) is 5.32 Å². The van der Waals surface area contributed by atoms with Crippen LogP contribution in [0.2, 0.25) is 0 Å². The molecule has 1 aromatic heterocycles. The molecule has 2 rings (SSSR count). The fourth-order valence-electron chi connectivity index (χ4n) is 2.29. The number of nitrogens with one attached hydrogen (secondary N) is 1. The summed E-state index contributed by atoms with van der Waals surface area (Å²) in [5.41, 5.74) is 6.20. The van der Waals surface area contributed by atoms with Gasteiger partial charge in [0.1, 0.15) is 16.5 Å². The van der Waals surface area contributed by atoms with Crippen molar-refractivity contribution in [2.24, 2.45) is 5.73 Å². The van der Waals surface area contributed by atoms with Crippen LogP contribution in [0.3, 0.4) is 0 Å². The van der Waals surface area contributed by atoms with Gasteiger partial charge in [-0.15, -0.1) is 0 Å². The summed E-state index contributed by atoms with van der Waals surface area (Å²) in [6.07, 6.45) is 9.59. The first kappa shape index (κ1) is 12.2. The highest BCUT2D eigenvalue weighted by Crippen LogP contribution is 2.30. The number of aromatic nitrogens is 2. The number of rotatable bonds is 3. The van der Waals surface area contributed by atoms with Crippen molar-refractivity contribution in [3.05, 3.63) is 18.1 Å². The summed E-state index contributed by atoms with van der Waals surface area (Å²) in [5, 5.41) is 3.47. The summed E-state index contributed by atoms with van der Waals surface area (Å²) in [6, 6.07) is 0. The lowest BCUT2D eigenvalue weighted by Crippen LogP contribution is -2.37. The van der Waals surface area contributed by atoms with Crippen LogP contribution in [0.5, 0.6) is 0 Å². The summed E-state index contributed by atoms with van der Waals surface area (Å²) in [7, 11) is 0. The van der Waals surface area contributed by atoms with Crippen LogP contribution in [0.15, 0.2) is 12.4 Å². The first-order chi connectivity index (χ1) is 8.09. The smallest absolute Gasteiger partial charge is 0.144 e. The molecule has 5 heteroatoms. The van der Waals surface area contributed by atoms with Crippen LogP contribution in [0.4, 0.5) is 5.82 Å². The van der Waals surface area contributed by atoms with Gasteiger partial charge in [0.25, 0.3) is 0 Å². The molecule has 1 aromatic rings. The van der Waals surface area contributed by atoms with Crippen LogP contribution in [0.1, 0.15) is 44.7 Å². The highest BCUT2D eigenvalue weighted by molar-refractivity contribution is 7.80. The fraction of sp³-hybridized carbons (Fsp3) is 0.583. The molecule has 0 saturated heterocycles. The Morgan fingerprint density at radius 2 is 2.00 bits per heavy atom. The number of hydrogen-bond acceptors (Lipinski definition) is 4. The number of thiocarbonyl (C=S) groups is 1. The Labute approximate surface area is 107 Å². The molecule has 0 aromatic carbocycles. The Hall–Kier alpha value is -1.23. The van der Waals surface area contributed by atoms with Crippen molar-refractivity contribution in [1.29, 1.82) is 0 Å². The van der Waals surface area contributed by atoms with E-state index in [2.05, 4.69) is 22.2 Å². The second-order valence-corrected chi connectivity index (χ2v) is 5.34. The van der Waals surface area contributed by atoms with E-state index in [1.54, 1.807) is 12.4 Å². The Kier molecular flexibility index (Phi) is 3.57. The first-order valence-electron chi connectivity index (χ1n) is 5.99. The van der Waals surface area contributed by atoms with E-state index in [0.29, 0.717) is 5.69 Å². The minimum atomic E-state index is 0.150. The predicted molar refractivity (Wildman–Crippen MR) is 73.0 cm³/mol. The molecule has 1 aliphatic carbocycles. The predicted octanol–water partition coefficient (Wildman–Crippen LogP) is 2.25. The minimum Gasteiger partial charge on any atom is -0.388 e. The number of nitrogens with two attached hydrogens (primary N) is 1. The fourth-order valence-corrected chi connectivity index (χ4v) is 2.39. The summed E-state index contributed by atoms with van der Waals surface area (Å²) in [6.45, 7) is 2.25. The van der Waals surface area contributed by atoms with Crippen LogP contribution >= 0.6 is 12.2 Å². The summed E-state index contributed by atoms with van der Waals surface area (Å²) >= 11 is 4.84. The molecule has 1 saturated carbocycles. The van der Waals surface area contributed by atoms with E-state index >= 15 is 0 Å². The number of anilines is 1. The summed E-state index contributed by atoms with van der Waals surface area (Å²) in [4.78, 5) is 8.77. The molecular formula is C12H18N4S. The van der Waals surface area contributed by atoms with Gasteiger partial charge in [-0.25, -0.2) is 9.97 Å². The molecule has 4 nitrogen and oxygen atoms in total. The largest absolute Gasteiger partial charge is 0.388 e. The lowest BCUT2D eigenvalue weighted by Gasteiger charge is -2.34. The molecule has 1 aliphatic rings. The molecule has 0 bridgehead atoms. The van der Waals surface area contributed by atoms with Gasteiger partial charge < -0.3 is 11.1 Å². The molecule has 3 N–H and O–H groups in total. The van der Waals surface area contributed by atoms with Gasteiger partial charge >= 0.3 is 0 Å². The maximum absolute atomic E-state index is 5.48. The van der Waals surface area contributed by atoms with Crippen LogP contribution in [-0.2, 0) is 0 Å².